The largest absolute Gasteiger partial charge is 0.497 e. The quantitative estimate of drug-likeness (QED) is 0.349. The molecule has 2 aromatic rings. The highest BCUT2D eigenvalue weighted by Crippen LogP contribution is 2.23. The Morgan fingerprint density at radius 2 is 1.86 bits per heavy atom. The fourth-order valence-electron chi connectivity index (χ4n) is 2.55. The van der Waals surface area contributed by atoms with Crippen molar-refractivity contribution >= 4 is 49.9 Å². The minimum atomic E-state index is -3.70. The molecule has 0 saturated carbocycles. The predicted molar refractivity (Wildman–Crippen MR) is 119 cm³/mol. The molecule has 28 heavy (non-hydrogen) atoms. The summed E-state index contributed by atoms with van der Waals surface area (Å²) in [5.74, 6) is 0.0539. The number of nitrogens with one attached hydrogen (secondary N) is 1. The van der Waals surface area contributed by atoms with E-state index in [-0.39, 0.29) is 0 Å². The smallest absolute Gasteiger partial charge is 0.263 e. The van der Waals surface area contributed by atoms with Crippen LogP contribution in [-0.2, 0) is 14.8 Å². The molecule has 0 aliphatic carbocycles. The van der Waals surface area contributed by atoms with Crippen LogP contribution in [-0.4, -0.2) is 39.4 Å². The lowest BCUT2D eigenvalue weighted by atomic mass is 10.1. The summed E-state index contributed by atoms with van der Waals surface area (Å²) in [5.41, 5.74) is 4.32. The maximum atomic E-state index is 12.6. The average molecular weight is 515 g/mol. The predicted octanol–water partition coefficient (Wildman–Crippen LogP) is 2.99. The van der Waals surface area contributed by atoms with E-state index in [9.17, 15) is 13.2 Å². The number of amides is 1. The van der Waals surface area contributed by atoms with E-state index < -0.39 is 22.0 Å². The number of hydrazone groups is 1. The van der Waals surface area contributed by atoms with Crippen molar-refractivity contribution in [1.82, 2.24) is 5.43 Å². The maximum Gasteiger partial charge on any atom is 0.263 e. The first-order valence-corrected chi connectivity index (χ1v) is 11.3. The zero-order chi connectivity index (χ0) is 20.9. The van der Waals surface area contributed by atoms with Gasteiger partial charge in [-0.15, -0.1) is 0 Å². The molecule has 1 N–H and O–H groups in total. The van der Waals surface area contributed by atoms with E-state index in [0.717, 1.165) is 19.7 Å². The van der Waals surface area contributed by atoms with Crippen molar-refractivity contribution in [2.75, 3.05) is 17.7 Å². The molecule has 9 heteroatoms. The lowest BCUT2D eigenvalue weighted by molar-refractivity contribution is -0.121. The van der Waals surface area contributed by atoms with Crippen molar-refractivity contribution in [3.8, 4) is 5.75 Å². The van der Waals surface area contributed by atoms with Crippen LogP contribution in [0.3, 0.4) is 0 Å². The molecule has 0 radical (unpaired) electrons. The third-order valence-corrected chi connectivity index (χ3v) is 5.90. The molecular weight excluding hydrogens is 493 g/mol. The van der Waals surface area contributed by atoms with E-state index in [1.165, 1.54) is 14.0 Å². The molecule has 1 atom stereocenters. The number of carbonyl (C=O) groups is 1. The molecular formula is C19H22IN3O4S. The number of methoxy groups -OCH3 is 1. The molecule has 0 bridgehead atoms. The summed E-state index contributed by atoms with van der Waals surface area (Å²) in [6, 6.07) is 13.1. The van der Waals surface area contributed by atoms with Gasteiger partial charge in [-0.1, -0.05) is 12.1 Å². The van der Waals surface area contributed by atoms with Crippen LogP contribution in [0.1, 0.15) is 19.4 Å². The molecule has 0 fully saturated rings. The molecule has 7 nitrogen and oxygen atoms in total. The van der Waals surface area contributed by atoms with Crippen molar-refractivity contribution < 1.29 is 17.9 Å². The van der Waals surface area contributed by atoms with Gasteiger partial charge in [-0.05, 0) is 78.4 Å². The molecule has 0 unspecified atom stereocenters. The fourth-order valence-corrected chi connectivity index (χ4v) is 4.27. The number of hydrogen-bond donors (Lipinski definition) is 1. The molecule has 2 rings (SSSR count). The van der Waals surface area contributed by atoms with Crippen LogP contribution in [0.2, 0.25) is 0 Å². The zero-order valence-corrected chi connectivity index (χ0v) is 19.0. The van der Waals surface area contributed by atoms with Crippen LogP contribution in [0.4, 0.5) is 5.69 Å². The number of rotatable bonds is 7. The van der Waals surface area contributed by atoms with Crippen LogP contribution in [0.5, 0.6) is 5.75 Å². The first-order chi connectivity index (χ1) is 13.1. The lowest BCUT2D eigenvalue weighted by Crippen LogP contribution is -2.46. The Labute approximate surface area is 179 Å². The molecule has 1 amide bonds. The van der Waals surface area contributed by atoms with Gasteiger partial charge in [-0.25, -0.2) is 13.8 Å². The summed E-state index contributed by atoms with van der Waals surface area (Å²) < 4.78 is 31.8. The summed E-state index contributed by atoms with van der Waals surface area (Å²) in [6.45, 7) is 3.28. The number of benzene rings is 2. The highest BCUT2D eigenvalue weighted by molar-refractivity contribution is 14.1. The van der Waals surface area contributed by atoms with Gasteiger partial charge in [-0.2, -0.15) is 5.10 Å². The van der Waals surface area contributed by atoms with Crippen molar-refractivity contribution in [3.63, 3.8) is 0 Å². The monoisotopic (exact) mass is 515 g/mol. The van der Waals surface area contributed by atoms with Crippen LogP contribution in [0.25, 0.3) is 0 Å². The van der Waals surface area contributed by atoms with E-state index in [0.29, 0.717) is 17.1 Å². The normalized spacial score (nSPS) is 13.0. The van der Waals surface area contributed by atoms with Crippen LogP contribution in [0, 0.1) is 3.57 Å². The van der Waals surface area contributed by atoms with Crippen LogP contribution >= 0.6 is 22.6 Å². The first kappa shape index (κ1) is 22.2. The van der Waals surface area contributed by atoms with Gasteiger partial charge in [0.1, 0.15) is 11.8 Å². The summed E-state index contributed by atoms with van der Waals surface area (Å²) in [7, 11) is -2.17. The van der Waals surface area contributed by atoms with E-state index in [1.54, 1.807) is 31.2 Å². The van der Waals surface area contributed by atoms with Crippen molar-refractivity contribution in [2.24, 2.45) is 5.10 Å². The summed E-state index contributed by atoms with van der Waals surface area (Å²) in [6.07, 6.45) is 1.06. The molecule has 0 spiro atoms. The second kappa shape index (κ2) is 9.37. The van der Waals surface area contributed by atoms with Gasteiger partial charge in [0, 0.05) is 3.57 Å². The summed E-state index contributed by atoms with van der Waals surface area (Å²) in [5, 5.41) is 4.11. The Morgan fingerprint density at radius 1 is 1.21 bits per heavy atom. The van der Waals surface area contributed by atoms with Crippen LogP contribution in [0.15, 0.2) is 53.6 Å². The van der Waals surface area contributed by atoms with Gasteiger partial charge in [-0.3, -0.25) is 9.10 Å². The number of nitrogens with zero attached hydrogens (tertiary/aromatic N) is 2. The number of carbonyl (C=O) groups excluding carboxylic acids is 1. The molecule has 150 valence electrons. The molecule has 0 heterocycles. The molecule has 2 aromatic carbocycles. The highest BCUT2D eigenvalue weighted by atomic mass is 127. The standard InChI is InChI=1S/C19H22IN3O4S/c1-13(15-6-5-7-16(20)12-15)21-22-19(24)14(2)23(28(4,25)26)17-8-10-18(27-3)11-9-17/h5-12,14H,1-4H3,(H,22,24)/b21-13-/t14-/m1/s1. The minimum absolute atomic E-state index is 0.365. The van der Waals surface area contributed by atoms with E-state index in [2.05, 4.69) is 33.1 Å². The molecule has 0 aliphatic heterocycles. The Hall–Kier alpha value is -2.14. The van der Waals surface area contributed by atoms with Crippen molar-refractivity contribution in [3.05, 3.63) is 57.7 Å². The third kappa shape index (κ3) is 5.68. The summed E-state index contributed by atoms with van der Waals surface area (Å²) in [4.78, 5) is 12.6. The molecule has 0 aliphatic rings. The Balaban J connectivity index is 2.22. The second-order valence-corrected chi connectivity index (χ2v) is 9.22. The SMILES string of the molecule is COc1ccc(N([C@H](C)C(=O)N/N=C(/C)c2cccc(I)c2)S(C)(=O)=O)cc1. The number of halogens is 1. The van der Waals surface area contributed by atoms with Gasteiger partial charge < -0.3 is 4.74 Å². The number of ether oxygens (including phenoxy) is 1. The van der Waals surface area contributed by atoms with Gasteiger partial charge in [0.15, 0.2) is 0 Å². The highest BCUT2D eigenvalue weighted by Gasteiger charge is 2.29. The van der Waals surface area contributed by atoms with Crippen LogP contribution < -0.4 is 14.5 Å². The second-order valence-electron chi connectivity index (χ2n) is 6.12. The van der Waals surface area contributed by atoms with Crippen molar-refractivity contribution in [2.45, 2.75) is 19.9 Å². The van der Waals surface area contributed by atoms with Gasteiger partial charge >= 0.3 is 0 Å². The van der Waals surface area contributed by atoms with Gasteiger partial charge in [0.2, 0.25) is 10.0 Å². The lowest BCUT2D eigenvalue weighted by Gasteiger charge is -2.27. The number of sulfonamides is 1. The maximum absolute atomic E-state index is 12.6. The summed E-state index contributed by atoms with van der Waals surface area (Å²) >= 11 is 2.20. The van der Waals surface area contributed by atoms with E-state index >= 15 is 0 Å². The van der Waals surface area contributed by atoms with E-state index in [1.807, 2.05) is 24.3 Å². The zero-order valence-electron chi connectivity index (χ0n) is 16.0. The number of anilines is 1. The first-order valence-electron chi connectivity index (χ1n) is 8.37. The number of hydrogen-bond acceptors (Lipinski definition) is 5. The Kier molecular flexibility index (Phi) is 7.41. The topological polar surface area (TPSA) is 88.1 Å². The van der Waals surface area contributed by atoms with Gasteiger partial charge in [0.05, 0.1) is 24.8 Å². The van der Waals surface area contributed by atoms with E-state index in [4.69, 9.17) is 4.74 Å². The fraction of sp³-hybridized carbons (Fsp3) is 0.263. The molecule has 0 saturated heterocycles. The third-order valence-electron chi connectivity index (χ3n) is 3.99. The Bertz CT molecular complexity index is 975. The minimum Gasteiger partial charge on any atom is -0.497 e. The molecule has 0 aromatic heterocycles. The average Bonchev–Trinajstić information content (AvgIpc) is 2.65. The van der Waals surface area contributed by atoms with Gasteiger partial charge in [0.25, 0.3) is 5.91 Å². The van der Waals surface area contributed by atoms with Crippen molar-refractivity contribution in [1.29, 1.82) is 0 Å². The Morgan fingerprint density at radius 3 is 2.39 bits per heavy atom.